The van der Waals surface area contributed by atoms with Gasteiger partial charge in [0.2, 0.25) is 0 Å². The Hall–Kier alpha value is -2.33. The number of aromatic nitrogens is 1. The van der Waals surface area contributed by atoms with Crippen molar-refractivity contribution in [2.45, 2.75) is 6.54 Å². The molecular weight excluding hydrogens is 268 g/mol. The third kappa shape index (κ3) is 3.36. The summed E-state index contributed by atoms with van der Waals surface area (Å²) < 4.78 is 5.82. The number of nitrogens with zero attached hydrogens (tertiary/aromatic N) is 1. The van der Waals surface area contributed by atoms with Gasteiger partial charge in [-0.05, 0) is 29.8 Å². The molecule has 0 saturated heterocycles. The van der Waals surface area contributed by atoms with E-state index >= 15 is 0 Å². The summed E-state index contributed by atoms with van der Waals surface area (Å²) in [5.41, 5.74) is 1.16. The van der Waals surface area contributed by atoms with Gasteiger partial charge in [-0.25, -0.2) is 4.98 Å². The molecule has 0 amide bonds. The minimum atomic E-state index is 0.736. The van der Waals surface area contributed by atoms with E-state index in [0.29, 0.717) is 0 Å². The minimum Gasteiger partial charge on any atom is -0.457 e. The van der Waals surface area contributed by atoms with Crippen molar-refractivity contribution in [1.29, 1.82) is 0 Å². The van der Waals surface area contributed by atoms with Crippen molar-refractivity contribution < 1.29 is 4.74 Å². The van der Waals surface area contributed by atoms with Gasteiger partial charge in [0.15, 0.2) is 5.13 Å². The number of rotatable bonds is 5. The summed E-state index contributed by atoms with van der Waals surface area (Å²) in [5.74, 6) is 1.69. The highest BCUT2D eigenvalue weighted by Gasteiger charge is 2.00. The van der Waals surface area contributed by atoms with Gasteiger partial charge in [0.25, 0.3) is 0 Å². The molecule has 0 aliphatic heterocycles. The fourth-order valence-corrected chi connectivity index (χ4v) is 2.36. The number of benzene rings is 2. The summed E-state index contributed by atoms with van der Waals surface area (Å²) in [7, 11) is 0. The summed E-state index contributed by atoms with van der Waals surface area (Å²) in [4.78, 5) is 4.20. The normalized spacial score (nSPS) is 10.2. The van der Waals surface area contributed by atoms with Crippen molar-refractivity contribution in [3.05, 3.63) is 71.7 Å². The molecule has 0 bridgehead atoms. The number of para-hydroxylation sites is 1. The predicted molar refractivity (Wildman–Crippen MR) is 82.4 cm³/mol. The zero-order valence-corrected chi connectivity index (χ0v) is 11.6. The fourth-order valence-electron chi connectivity index (χ4n) is 1.83. The van der Waals surface area contributed by atoms with Crippen molar-refractivity contribution in [2.75, 3.05) is 5.32 Å². The Labute approximate surface area is 121 Å². The van der Waals surface area contributed by atoms with Crippen LogP contribution in [0.5, 0.6) is 11.5 Å². The zero-order valence-electron chi connectivity index (χ0n) is 10.8. The summed E-state index contributed by atoms with van der Waals surface area (Å²) in [6.45, 7) is 0.736. The van der Waals surface area contributed by atoms with Gasteiger partial charge in [0, 0.05) is 18.1 Å². The molecule has 0 aliphatic carbocycles. The van der Waals surface area contributed by atoms with E-state index < -0.39 is 0 Å². The molecule has 20 heavy (non-hydrogen) atoms. The lowest BCUT2D eigenvalue weighted by Crippen LogP contribution is -1.98. The van der Waals surface area contributed by atoms with E-state index in [1.165, 1.54) is 0 Å². The van der Waals surface area contributed by atoms with Crippen molar-refractivity contribution in [1.82, 2.24) is 4.98 Å². The Morgan fingerprint density at radius 1 is 1.00 bits per heavy atom. The van der Waals surface area contributed by atoms with E-state index in [2.05, 4.69) is 16.4 Å². The number of hydrogen-bond acceptors (Lipinski definition) is 4. The maximum absolute atomic E-state index is 5.82. The molecule has 1 aromatic heterocycles. The van der Waals surface area contributed by atoms with Crippen LogP contribution in [0.3, 0.4) is 0 Å². The van der Waals surface area contributed by atoms with Crippen LogP contribution in [0.25, 0.3) is 0 Å². The monoisotopic (exact) mass is 282 g/mol. The van der Waals surface area contributed by atoms with E-state index in [9.17, 15) is 0 Å². The predicted octanol–water partition coefficient (Wildman–Crippen LogP) is 4.55. The van der Waals surface area contributed by atoms with Gasteiger partial charge in [-0.2, -0.15) is 0 Å². The van der Waals surface area contributed by atoms with Gasteiger partial charge in [-0.3, -0.25) is 0 Å². The molecule has 0 saturated carbocycles. The lowest BCUT2D eigenvalue weighted by molar-refractivity contribution is 0.482. The van der Waals surface area contributed by atoms with Crippen molar-refractivity contribution in [3.63, 3.8) is 0 Å². The maximum atomic E-state index is 5.82. The molecule has 0 aliphatic rings. The minimum absolute atomic E-state index is 0.736. The van der Waals surface area contributed by atoms with Gasteiger partial charge < -0.3 is 10.1 Å². The highest BCUT2D eigenvalue weighted by atomic mass is 32.1. The van der Waals surface area contributed by atoms with Crippen LogP contribution in [-0.2, 0) is 6.54 Å². The summed E-state index contributed by atoms with van der Waals surface area (Å²) in [5, 5.41) is 6.17. The van der Waals surface area contributed by atoms with Crippen LogP contribution in [0, 0.1) is 0 Å². The molecule has 0 unspecified atom stereocenters. The Balaban J connectivity index is 1.66. The number of ether oxygens (including phenoxy) is 1. The fraction of sp³-hybridized carbons (Fsp3) is 0.0625. The number of hydrogen-bond donors (Lipinski definition) is 1. The third-order valence-corrected chi connectivity index (χ3v) is 3.48. The van der Waals surface area contributed by atoms with Gasteiger partial charge in [0.05, 0.1) is 0 Å². The average molecular weight is 282 g/mol. The van der Waals surface area contributed by atoms with E-state index in [4.69, 9.17) is 4.74 Å². The molecule has 3 nitrogen and oxygen atoms in total. The lowest BCUT2D eigenvalue weighted by Gasteiger charge is -2.08. The van der Waals surface area contributed by atoms with E-state index in [1.54, 1.807) is 17.5 Å². The van der Waals surface area contributed by atoms with Crippen LogP contribution in [-0.4, -0.2) is 4.98 Å². The largest absolute Gasteiger partial charge is 0.457 e. The molecule has 2 aromatic carbocycles. The quantitative estimate of drug-likeness (QED) is 0.745. The SMILES string of the molecule is c1ccc(Oc2cccc(CNc3nccs3)c2)cc1. The van der Waals surface area contributed by atoms with Crippen LogP contribution in [0.4, 0.5) is 5.13 Å². The van der Waals surface area contributed by atoms with Crippen molar-refractivity contribution in [2.24, 2.45) is 0 Å². The van der Waals surface area contributed by atoms with Gasteiger partial charge in [-0.15, -0.1) is 11.3 Å². The molecule has 3 rings (SSSR count). The third-order valence-electron chi connectivity index (χ3n) is 2.75. The number of thiazole rings is 1. The topological polar surface area (TPSA) is 34.1 Å². The van der Waals surface area contributed by atoms with Gasteiger partial charge in [-0.1, -0.05) is 30.3 Å². The first-order chi connectivity index (χ1) is 9.90. The Morgan fingerprint density at radius 3 is 2.65 bits per heavy atom. The number of nitrogens with one attached hydrogen (secondary N) is 1. The molecule has 0 atom stereocenters. The van der Waals surface area contributed by atoms with E-state index in [0.717, 1.165) is 28.7 Å². The molecule has 100 valence electrons. The first-order valence-electron chi connectivity index (χ1n) is 6.35. The van der Waals surface area contributed by atoms with Crippen LogP contribution in [0.2, 0.25) is 0 Å². The van der Waals surface area contributed by atoms with Crippen LogP contribution in [0.15, 0.2) is 66.2 Å². The van der Waals surface area contributed by atoms with Gasteiger partial charge >= 0.3 is 0 Å². The summed E-state index contributed by atoms with van der Waals surface area (Å²) >= 11 is 1.60. The number of anilines is 1. The highest BCUT2D eigenvalue weighted by molar-refractivity contribution is 7.13. The second-order valence-corrected chi connectivity index (χ2v) is 5.15. The Kier molecular flexibility index (Phi) is 3.94. The summed E-state index contributed by atoms with van der Waals surface area (Å²) in [6, 6.07) is 17.8. The first kappa shape index (κ1) is 12.7. The first-order valence-corrected chi connectivity index (χ1v) is 7.23. The molecule has 0 fully saturated rings. The van der Waals surface area contributed by atoms with Gasteiger partial charge in [0.1, 0.15) is 11.5 Å². The Morgan fingerprint density at radius 2 is 1.85 bits per heavy atom. The molecule has 0 spiro atoms. The van der Waals surface area contributed by atoms with E-state index in [1.807, 2.05) is 53.9 Å². The standard InChI is InChI=1S/C16H14N2OS/c1-2-6-14(7-3-1)19-15-8-4-5-13(11-15)12-18-16-17-9-10-20-16/h1-11H,12H2,(H,17,18). The molecule has 0 radical (unpaired) electrons. The Bertz CT molecular complexity index is 653. The second-order valence-electron chi connectivity index (χ2n) is 4.25. The average Bonchev–Trinajstić information content (AvgIpc) is 3.00. The highest BCUT2D eigenvalue weighted by Crippen LogP contribution is 2.22. The smallest absolute Gasteiger partial charge is 0.182 e. The molecule has 1 heterocycles. The molecule has 4 heteroatoms. The molecule has 3 aromatic rings. The van der Waals surface area contributed by atoms with Crippen LogP contribution >= 0.6 is 11.3 Å². The van der Waals surface area contributed by atoms with E-state index in [-0.39, 0.29) is 0 Å². The molecule has 1 N–H and O–H groups in total. The maximum Gasteiger partial charge on any atom is 0.182 e. The second kappa shape index (κ2) is 6.21. The zero-order chi connectivity index (χ0) is 13.6. The summed E-state index contributed by atoms with van der Waals surface area (Å²) in [6.07, 6.45) is 1.79. The lowest BCUT2D eigenvalue weighted by atomic mass is 10.2. The van der Waals surface area contributed by atoms with Crippen molar-refractivity contribution in [3.8, 4) is 11.5 Å². The van der Waals surface area contributed by atoms with Crippen LogP contribution < -0.4 is 10.1 Å². The van der Waals surface area contributed by atoms with Crippen molar-refractivity contribution >= 4 is 16.5 Å². The van der Waals surface area contributed by atoms with Crippen LogP contribution in [0.1, 0.15) is 5.56 Å². The molecular formula is C16H14N2OS.